The molecular formula is C30H31N3O6. The van der Waals surface area contributed by atoms with Gasteiger partial charge in [0.2, 0.25) is 5.91 Å². The predicted octanol–water partition coefficient (Wildman–Crippen LogP) is 4.38. The van der Waals surface area contributed by atoms with Gasteiger partial charge in [-0.2, -0.15) is 0 Å². The Labute approximate surface area is 225 Å². The lowest BCUT2D eigenvalue weighted by atomic mass is 9.93. The van der Waals surface area contributed by atoms with E-state index in [2.05, 4.69) is 5.32 Å². The highest BCUT2D eigenvalue weighted by Crippen LogP contribution is 2.39. The molecule has 0 bridgehead atoms. The second-order valence-corrected chi connectivity index (χ2v) is 10.3. The minimum Gasteiger partial charge on any atom is -0.495 e. The number of likely N-dealkylation sites (tertiary alicyclic amines) is 2. The third-order valence-corrected chi connectivity index (χ3v) is 7.84. The first-order valence-electron chi connectivity index (χ1n) is 13.1. The Morgan fingerprint density at radius 3 is 2.69 bits per heavy atom. The van der Waals surface area contributed by atoms with Crippen LogP contribution in [0.5, 0.6) is 5.75 Å². The zero-order valence-corrected chi connectivity index (χ0v) is 21.8. The number of nitrogens with zero attached hydrogens (tertiary/aromatic N) is 2. The average molecular weight is 530 g/mol. The van der Waals surface area contributed by atoms with Crippen LogP contribution in [0.15, 0.2) is 71.1 Å². The normalized spacial score (nSPS) is 21.2. The van der Waals surface area contributed by atoms with Crippen molar-refractivity contribution in [2.75, 3.05) is 38.6 Å². The Hall–Kier alpha value is -4.08. The molecule has 39 heavy (non-hydrogen) atoms. The molecule has 2 N–H and O–H groups in total. The Morgan fingerprint density at radius 2 is 1.87 bits per heavy atom. The molecule has 4 aromatic rings. The van der Waals surface area contributed by atoms with Gasteiger partial charge in [-0.25, -0.2) is 4.79 Å². The maximum absolute atomic E-state index is 13.1. The highest BCUT2D eigenvalue weighted by Gasteiger charge is 2.54. The van der Waals surface area contributed by atoms with Crippen LogP contribution < -0.4 is 10.1 Å². The summed E-state index contributed by atoms with van der Waals surface area (Å²) in [5.74, 6) is 0.285. The lowest BCUT2D eigenvalue weighted by Crippen LogP contribution is -2.55. The maximum Gasteiger partial charge on any atom is 0.410 e. The van der Waals surface area contributed by atoms with Crippen molar-refractivity contribution in [1.29, 1.82) is 0 Å². The van der Waals surface area contributed by atoms with Crippen molar-refractivity contribution in [3.05, 3.63) is 72.3 Å². The molecule has 2 aliphatic rings. The number of para-hydroxylation sites is 1. The monoisotopic (exact) mass is 529 g/mol. The molecule has 202 valence electrons. The summed E-state index contributed by atoms with van der Waals surface area (Å²) in [6, 6.07) is 20.9. The zero-order chi connectivity index (χ0) is 27.0. The van der Waals surface area contributed by atoms with Crippen LogP contribution in [-0.2, 0) is 16.1 Å². The van der Waals surface area contributed by atoms with Gasteiger partial charge >= 0.3 is 6.09 Å². The lowest BCUT2D eigenvalue weighted by molar-refractivity contribution is -0.117. The van der Waals surface area contributed by atoms with Crippen LogP contribution >= 0.6 is 0 Å². The van der Waals surface area contributed by atoms with Gasteiger partial charge in [0.1, 0.15) is 23.5 Å². The van der Waals surface area contributed by atoms with E-state index in [-0.39, 0.29) is 25.6 Å². The fourth-order valence-electron chi connectivity index (χ4n) is 5.99. The lowest BCUT2D eigenvalue weighted by Gasteiger charge is -2.36. The van der Waals surface area contributed by atoms with Crippen LogP contribution in [-0.4, -0.2) is 71.8 Å². The number of furan rings is 1. The Morgan fingerprint density at radius 1 is 1.08 bits per heavy atom. The van der Waals surface area contributed by atoms with Gasteiger partial charge < -0.3 is 24.3 Å². The molecule has 2 saturated heterocycles. The molecule has 9 heteroatoms. The van der Waals surface area contributed by atoms with Gasteiger partial charge in [0.05, 0.1) is 31.0 Å². The fraction of sp³-hybridized carbons (Fsp3) is 0.333. The standard InChI is InChI=1S/C30H31N3O6/c1-37-26-14-22-21-10-5-6-11-24(21)39-25(22)15-23(26)31-28(35)17-32-16-27(34)30(19-32)12-7-13-33(30)29(36)38-18-20-8-3-2-4-9-20/h2-6,8-11,14-15,27,34H,7,12-13,16-19H2,1H3,(H,31,35)/t27-,30-/m0/s1. The predicted molar refractivity (Wildman–Crippen MR) is 147 cm³/mol. The number of ether oxygens (including phenoxy) is 2. The van der Waals surface area contributed by atoms with E-state index in [4.69, 9.17) is 13.9 Å². The minimum absolute atomic E-state index is 0.0625. The number of carbonyl (C=O) groups excluding carboxylic acids is 2. The van der Waals surface area contributed by atoms with Gasteiger partial charge in [-0.1, -0.05) is 48.5 Å². The number of methoxy groups -OCH3 is 1. The summed E-state index contributed by atoms with van der Waals surface area (Å²) in [7, 11) is 1.56. The minimum atomic E-state index is -0.779. The highest BCUT2D eigenvalue weighted by molar-refractivity contribution is 6.07. The number of anilines is 1. The number of aliphatic hydroxyl groups excluding tert-OH is 1. The van der Waals surface area contributed by atoms with Crippen molar-refractivity contribution in [1.82, 2.24) is 9.80 Å². The number of hydrogen-bond acceptors (Lipinski definition) is 7. The third-order valence-electron chi connectivity index (χ3n) is 7.84. The number of nitrogens with one attached hydrogen (secondary N) is 1. The number of rotatable bonds is 6. The Balaban J connectivity index is 1.13. The molecule has 2 fully saturated rings. The third kappa shape index (κ3) is 4.68. The molecule has 0 radical (unpaired) electrons. The van der Waals surface area contributed by atoms with Crippen molar-refractivity contribution >= 4 is 39.6 Å². The Kier molecular flexibility index (Phi) is 6.62. The summed E-state index contributed by atoms with van der Waals surface area (Å²) in [4.78, 5) is 29.6. The molecule has 0 aliphatic carbocycles. The topological polar surface area (TPSA) is 104 Å². The van der Waals surface area contributed by atoms with Crippen molar-refractivity contribution in [3.63, 3.8) is 0 Å². The van der Waals surface area contributed by atoms with Crippen LogP contribution in [0.4, 0.5) is 10.5 Å². The van der Waals surface area contributed by atoms with E-state index in [1.54, 1.807) is 18.1 Å². The second-order valence-electron chi connectivity index (χ2n) is 10.3. The summed E-state index contributed by atoms with van der Waals surface area (Å²) in [5.41, 5.74) is 2.06. The molecule has 3 aromatic carbocycles. The van der Waals surface area contributed by atoms with Crippen LogP contribution in [0.25, 0.3) is 21.9 Å². The number of fused-ring (bicyclic) bond motifs is 3. The van der Waals surface area contributed by atoms with E-state index in [0.717, 1.165) is 28.3 Å². The van der Waals surface area contributed by atoms with Gasteiger partial charge in [0, 0.05) is 36.5 Å². The first-order valence-corrected chi connectivity index (χ1v) is 13.1. The molecule has 2 amide bonds. The molecule has 1 spiro atoms. The maximum atomic E-state index is 13.1. The van der Waals surface area contributed by atoms with Crippen LogP contribution in [0.1, 0.15) is 18.4 Å². The van der Waals surface area contributed by atoms with Gasteiger partial charge in [-0.05, 0) is 30.5 Å². The molecule has 2 atom stereocenters. The fourth-order valence-corrected chi connectivity index (χ4v) is 5.99. The molecule has 3 heterocycles. The number of carbonyl (C=O) groups is 2. The zero-order valence-electron chi connectivity index (χ0n) is 21.8. The summed E-state index contributed by atoms with van der Waals surface area (Å²) >= 11 is 0. The van der Waals surface area contributed by atoms with Gasteiger partial charge in [-0.15, -0.1) is 0 Å². The van der Waals surface area contributed by atoms with Crippen LogP contribution in [0.2, 0.25) is 0 Å². The molecule has 1 aromatic heterocycles. The molecule has 6 rings (SSSR count). The number of hydrogen-bond donors (Lipinski definition) is 2. The van der Waals surface area contributed by atoms with E-state index in [9.17, 15) is 14.7 Å². The van der Waals surface area contributed by atoms with Crippen molar-refractivity contribution < 1.29 is 28.6 Å². The smallest absolute Gasteiger partial charge is 0.410 e. The van der Waals surface area contributed by atoms with Crippen LogP contribution in [0.3, 0.4) is 0 Å². The van der Waals surface area contributed by atoms with Crippen LogP contribution in [0, 0.1) is 0 Å². The SMILES string of the molecule is COc1cc2c(cc1NC(=O)CN1C[C@H](O)[C@]3(CCCN3C(=O)OCc3ccccc3)C1)oc1ccccc12. The van der Waals surface area contributed by atoms with Gasteiger partial charge in [0.15, 0.2) is 0 Å². The molecular weight excluding hydrogens is 498 g/mol. The number of aliphatic hydroxyl groups is 1. The van der Waals surface area contributed by atoms with E-state index < -0.39 is 17.7 Å². The summed E-state index contributed by atoms with van der Waals surface area (Å²) in [6.07, 6.45) is 0.208. The van der Waals surface area contributed by atoms with Crippen molar-refractivity contribution in [2.45, 2.75) is 31.1 Å². The van der Waals surface area contributed by atoms with Gasteiger partial charge in [-0.3, -0.25) is 14.6 Å². The highest BCUT2D eigenvalue weighted by atomic mass is 16.6. The van der Waals surface area contributed by atoms with Crippen molar-refractivity contribution in [2.24, 2.45) is 0 Å². The summed E-state index contributed by atoms with van der Waals surface area (Å²) in [5, 5.41) is 15.9. The number of β-amino-alcohol motifs (C(OH)–C–C–N with tert-alkyl or cyclic N) is 1. The molecule has 0 unspecified atom stereocenters. The molecule has 2 aliphatic heterocycles. The summed E-state index contributed by atoms with van der Waals surface area (Å²) < 4.78 is 17.1. The summed E-state index contributed by atoms with van der Waals surface area (Å²) in [6.45, 7) is 1.43. The Bertz CT molecular complexity index is 1520. The first kappa shape index (κ1) is 25.2. The molecule has 9 nitrogen and oxygen atoms in total. The number of amides is 2. The van der Waals surface area contributed by atoms with E-state index in [1.807, 2.05) is 65.6 Å². The van der Waals surface area contributed by atoms with E-state index >= 15 is 0 Å². The van der Waals surface area contributed by atoms with Gasteiger partial charge in [0.25, 0.3) is 0 Å². The first-order chi connectivity index (χ1) is 19.0. The van der Waals surface area contributed by atoms with E-state index in [1.165, 1.54) is 0 Å². The van der Waals surface area contributed by atoms with Crippen molar-refractivity contribution in [3.8, 4) is 5.75 Å². The largest absolute Gasteiger partial charge is 0.495 e. The second kappa shape index (κ2) is 10.2. The number of benzene rings is 3. The average Bonchev–Trinajstić information content (AvgIpc) is 3.62. The molecule has 0 saturated carbocycles. The van der Waals surface area contributed by atoms with E-state index in [0.29, 0.717) is 36.5 Å². The quantitative estimate of drug-likeness (QED) is 0.382.